The van der Waals surface area contributed by atoms with Gasteiger partial charge in [0.05, 0.1) is 10.4 Å². The van der Waals surface area contributed by atoms with Crippen LogP contribution in [0.3, 0.4) is 0 Å². The molecule has 1 heterocycles. The van der Waals surface area contributed by atoms with E-state index < -0.39 is 23.0 Å². The normalized spacial score (nSPS) is 12.9. The second-order valence-electron chi connectivity index (χ2n) is 6.67. The lowest BCUT2D eigenvalue weighted by Gasteiger charge is -2.25. The number of aliphatic hydroxyl groups excluding tert-OH is 1. The lowest BCUT2D eigenvalue weighted by atomic mass is 10.0. The number of alkyl halides is 3. The maximum absolute atomic E-state index is 13.6. The molecule has 0 unspecified atom stereocenters. The van der Waals surface area contributed by atoms with Crippen molar-refractivity contribution < 1.29 is 23.4 Å². The third-order valence-corrected chi connectivity index (χ3v) is 5.41. The van der Waals surface area contributed by atoms with E-state index in [4.69, 9.17) is 0 Å². The monoisotopic (exact) mass is 397 g/mol. The molecule has 0 bridgehead atoms. The molecule has 0 amide bonds. The zero-order chi connectivity index (χ0) is 20.0. The van der Waals surface area contributed by atoms with Crippen molar-refractivity contribution >= 4 is 22.5 Å². The predicted octanol–water partition coefficient (Wildman–Crippen LogP) is 3.93. The average Bonchev–Trinajstić information content (AvgIpc) is 2.98. The molecule has 1 aromatic heterocycles. The lowest BCUT2D eigenvalue weighted by molar-refractivity contribution is -0.146. The van der Waals surface area contributed by atoms with Crippen LogP contribution >= 0.6 is 11.8 Å². The summed E-state index contributed by atoms with van der Waals surface area (Å²) < 4.78 is 40.5. The Bertz CT molecular complexity index is 984. The van der Waals surface area contributed by atoms with Crippen molar-refractivity contribution in [2.75, 3.05) is 0 Å². The number of nitrogens with zero attached hydrogens (tertiary/aromatic N) is 3. The van der Waals surface area contributed by atoms with Gasteiger partial charge in [-0.15, -0.1) is 10.2 Å². The van der Waals surface area contributed by atoms with Crippen LogP contribution in [0.2, 0.25) is 0 Å². The second-order valence-corrected chi connectivity index (χ2v) is 8.29. The minimum Gasteiger partial charge on any atom is -0.367 e. The van der Waals surface area contributed by atoms with Crippen LogP contribution in [0.1, 0.15) is 25.2 Å². The summed E-state index contributed by atoms with van der Waals surface area (Å²) in [4.78, 5) is 0. The first-order chi connectivity index (χ1) is 12.5. The number of aromatic nitrogens is 3. The predicted molar refractivity (Wildman–Crippen MR) is 96.8 cm³/mol. The fourth-order valence-electron chi connectivity index (χ4n) is 2.65. The Morgan fingerprint density at radius 1 is 1.00 bits per heavy atom. The van der Waals surface area contributed by atoms with Gasteiger partial charge < -0.3 is 10.2 Å². The first-order valence-corrected chi connectivity index (χ1v) is 8.90. The van der Waals surface area contributed by atoms with Gasteiger partial charge in [-0.3, -0.25) is 4.57 Å². The SMILES string of the molecule is Cc1ccc(-n2c(SC(C)(C)C(O)O)nnc2C(F)(F)F)c2ccccc12. The van der Waals surface area contributed by atoms with E-state index in [0.717, 1.165) is 27.3 Å². The average molecular weight is 397 g/mol. The summed E-state index contributed by atoms with van der Waals surface area (Å²) in [6.45, 7) is 4.88. The summed E-state index contributed by atoms with van der Waals surface area (Å²) >= 11 is 0.814. The number of halogens is 3. The van der Waals surface area contributed by atoms with Gasteiger partial charge in [-0.05, 0) is 37.8 Å². The third-order valence-electron chi connectivity index (χ3n) is 4.22. The lowest BCUT2D eigenvalue weighted by Crippen LogP contribution is -2.32. The Hall–Kier alpha value is -2.10. The van der Waals surface area contributed by atoms with Crippen LogP contribution in [0.15, 0.2) is 41.6 Å². The van der Waals surface area contributed by atoms with Gasteiger partial charge in [0.1, 0.15) is 0 Å². The molecular weight excluding hydrogens is 379 g/mol. The molecule has 3 aromatic rings. The minimum absolute atomic E-state index is 0.0746. The smallest absolute Gasteiger partial charge is 0.367 e. The Balaban J connectivity index is 2.29. The first kappa shape index (κ1) is 19.7. The zero-order valence-corrected chi connectivity index (χ0v) is 15.6. The maximum atomic E-state index is 13.6. The number of hydrogen-bond acceptors (Lipinski definition) is 5. The summed E-state index contributed by atoms with van der Waals surface area (Å²) in [5.41, 5.74) is 1.20. The largest absolute Gasteiger partial charge is 0.452 e. The highest BCUT2D eigenvalue weighted by molar-refractivity contribution is 8.00. The van der Waals surface area contributed by atoms with E-state index in [9.17, 15) is 23.4 Å². The van der Waals surface area contributed by atoms with E-state index in [2.05, 4.69) is 10.2 Å². The summed E-state index contributed by atoms with van der Waals surface area (Å²) in [5.74, 6) is -1.16. The van der Waals surface area contributed by atoms with Crippen molar-refractivity contribution in [3.63, 3.8) is 0 Å². The molecule has 0 radical (unpaired) electrons. The number of rotatable bonds is 4. The van der Waals surface area contributed by atoms with E-state index >= 15 is 0 Å². The Morgan fingerprint density at radius 3 is 2.22 bits per heavy atom. The minimum atomic E-state index is -4.72. The fraction of sp³-hybridized carbons (Fsp3) is 0.333. The van der Waals surface area contributed by atoms with Crippen LogP contribution in [-0.2, 0) is 6.18 Å². The van der Waals surface area contributed by atoms with Crippen LogP contribution in [0, 0.1) is 6.92 Å². The Labute approximate surface area is 157 Å². The van der Waals surface area contributed by atoms with Crippen LogP contribution < -0.4 is 0 Å². The van der Waals surface area contributed by atoms with Crippen molar-refractivity contribution in [3.05, 3.63) is 47.8 Å². The molecule has 2 aromatic carbocycles. The van der Waals surface area contributed by atoms with Crippen molar-refractivity contribution in [1.29, 1.82) is 0 Å². The van der Waals surface area contributed by atoms with Gasteiger partial charge in [0.25, 0.3) is 0 Å². The summed E-state index contributed by atoms with van der Waals surface area (Å²) in [7, 11) is 0. The van der Waals surface area contributed by atoms with Crippen molar-refractivity contribution in [2.45, 2.75) is 43.1 Å². The third kappa shape index (κ3) is 3.67. The summed E-state index contributed by atoms with van der Waals surface area (Å²) in [6, 6.07) is 10.5. The Kier molecular flexibility index (Phi) is 4.96. The molecule has 0 aliphatic carbocycles. The molecule has 5 nitrogen and oxygen atoms in total. The molecule has 0 aliphatic heterocycles. The fourth-order valence-corrected chi connectivity index (χ4v) is 3.59. The summed E-state index contributed by atoms with van der Waals surface area (Å²) in [6.07, 6.45) is -6.48. The highest BCUT2D eigenvalue weighted by atomic mass is 32.2. The van der Waals surface area contributed by atoms with Gasteiger partial charge in [0.2, 0.25) is 5.82 Å². The molecule has 0 aliphatic rings. The Morgan fingerprint density at radius 2 is 1.63 bits per heavy atom. The van der Waals surface area contributed by atoms with Crippen LogP contribution in [0.4, 0.5) is 13.2 Å². The van der Waals surface area contributed by atoms with E-state index in [1.54, 1.807) is 24.3 Å². The van der Waals surface area contributed by atoms with Crippen molar-refractivity contribution in [2.24, 2.45) is 0 Å². The van der Waals surface area contributed by atoms with Gasteiger partial charge in [0, 0.05) is 5.39 Å². The highest BCUT2D eigenvalue weighted by Crippen LogP contribution is 2.40. The first-order valence-electron chi connectivity index (χ1n) is 8.09. The molecule has 0 saturated heterocycles. The van der Waals surface area contributed by atoms with E-state index in [0.29, 0.717) is 5.39 Å². The summed E-state index contributed by atoms with van der Waals surface area (Å²) in [5, 5.41) is 27.5. The van der Waals surface area contributed by atoms with Gasteiger partial charge >= 0.3 is 6.18 Å². The van der Waals surface area contributed by atoms with Gasteiger partial charge in [-0.1, -0.05) is 42.1 Å². The molecule has 0 fully saturated rings. The molecular formula is C18H18F3N3O2S. The van der Waals surface area contributed by atoms with E-state index in [1.165, 1.54) is 13.8 Å². The molecule has 3 rings (SSSR count). The van der Waals surface area contributed by atoms with E-state index in [1.807, 2.05) is 19.1 Å². The second kappa shape index (κ2) is 6.81. The number of benzene rings is 2. The quantitative estimate of drug-likeness (QED) is 0.516. The highest BCUT2D eigenvalue weighted by Gasteiger charge is 2.41. The number of thioether (sulfide) groups is 1. The zero-order valence-electron chi connectivity index (χ0n) is 14.8. The molecule has 9 heteroatoms. The van der Waals surface area contributed by atoms with Crippen molar-refractivity contribution in [1.82, 2.24) is 14.8 Å². The number of hydrogen-bond donors (Lipinski definition) is 2. The number of fused-ring (bicyclic) bond motifs is 1. The molecule has 2 N–H and O–H groups in total. The topological polar surface area (TPSA) is 71.2 Å². The molecule has 0 spiro atoms. The maximum Gasteiger partial charge on any atom is 0.452 e. The van der Waals surface area contributed by atoms with Gasteiger partial charge in [0.15, 0.2) is 11.4 Å². The number of aliphatic hydroxyl groups is 2. The van der Waals surface area contributed by atoms with Crippen LogP contribution in [-0.4, -0.2) is 36.0 Å². The molecule has 27 heavy (non-hydrogen) atoms. The molecule has 0 saturated carbocycles. The molecule has 144 valence electrons. The standard InChI is InChI=1S/C18H18F3N3O2S/c1-10-8-9-13(12-7-5-4-6-11(10)12)24-14(18(19,20)21)22-23-16(24)27-17(2,3)15(25)26/h4-9,15,25-26H,1-3H3. The number of aryl methyl sites for hydroxylation is 1. The van der Waals surface area contributed by atoms with Crippen molar-refractivity contribution in [3.8, 4) is 5.69 Å². The van der Waals surface area contributed by atoms with E-state index in [-0.39, 0.29) is 10.8 Å². The van der Waals surface area contributed by atoms with Gasteiger partial charge in [-0.25, -0.2) is 0 Å². The molecule has 0 atom stereocenters. The van der Waals surface area contributed by atoms with Crippen LogP contribution in [0.25, 0.3) is 16.5 Å². The van der Waals surface area contributed by atoms with Gasteiger partial charge in [-0.2, -0.15) is 13.2 Å². The van der Waals surface area contributed by atoms with Crippen LogP contribution in [0.5, 0.6) is 0 Å².